The van der Waals surface area contributed by atoms with E-state index in [9.17, 15) is 0 Å². The highest BCUT2D eigenvalue weighted by atomic mass is 16.5. The number of hydrogen-bond donors (Lipinski definition) is 0. The molecule has 0 amide bonds. The molecule has 6 heteroatoms. The van der Waals surface area contributed by atoms with Crippen molar-refractivity contribution in [2.24, 2.45) is 11.8 Å². The summed E-state index contributed by atoms with van der Waals surface area (Å²) in [7, 11) is 1.68. The quantitative estimate of drug-likeness (QED) is 0.138. The summed E-state index contributed by atoms with van der Waals surface area (Å²) in [5.74, 6) is 4.74. The molecule has 7 rings (SSSR count). The molecule has 0 spiro atoms. The van der Waals surface area contributed by atoms with Crippen LogP contribution in [-0.4, -0.2) is 26.4 Å². The van der Waals surface area contributed by atoms with Crippen molar-refractivity contribution in [1.82, 2.24) is 19.3 Å². The molecule has 6 nitrogen and oxygen atoms in total. The molecule has 0 bridgehead atoms. The maximum absolute atomic E-state index is 6.70. The van der Waals surface area contributed by atoms with Crippen molar-refractivity contribution in [3.05, 3.63) is 113 Å². The van der Waals surface area contributed by atoms with Crippen LogP contribution in [0.5, 0.6) is 17.2 Å². The van der Waals surface area contributed by atoms with E-state index in [0.29, 0.717) is 17.8 Å². The van der Waals surface area contributed by atoms with Crippen molar-refractivity contribution in [3.8, 4) is 28.8 Å². The third-order valence-electron chi connectivity index (χ3n) is 10.1. The van der Waals surface area contributed by atoms with Gasteiger partial charge in [0.15, 0.2) is 0 Å². The molecule has 1 aliphatic rings. The largest absolute Gasteiger partial charge is 0.497 e. The Kier molecular flexibility index (Phi) is 9.06. The fourth-order valence-corrected chi connectivity index (χ4v) is 8.25. The minimum absolute atomic E-state index is 0.408. The molecule has 1 unspecified atom stereocenters. The van der Waals surface area contributed by atoms with Crippen LogP contribution in [0.15, 0.2) is 90.6 Å². The number of ether oxygens (including phenoxy) is 2. The number of allylic oxidation sites excluding steroid dienone is 2. The Balaban J connectivity index is 1.32. The van der Waals surface area contributed by atoms with Gasteiger partial charge in [-0.25, -0.2) is 9.67 Å². The number of benzene rings is 3. The maximum atomic E-state index is 6.70. The van der Waals surface area contributed by atoms with Gasteiger partial charge in [-0.3, -0.25) is 4.57 Å². The lowest BCUT2D eigenvalue weighted by atomic mass is 9.72. The Hall–Kier alpha value is -4.84. The molecule has 3 aromatic heterocycles. The van der Waals surface area contributed by atoms with Gasteiger partial charge in [-0.05, 0) is 86.9 Å². The van der Waals surface area contributed by atoms with Gasteiger partial charge in [0, 0.05) is 52.3 Å². The Morgan fingerprint density at radius 3 is 2.39 bits per heavy atom. The first-order valence-electron chi connectivity index (χ1n) is 17.9. The number of hydrogen-bond acceptors (Lipinski definition) is 4. The third-order valence-corrected chi connectivity index (χ3v) is 10.1. The van der Waals surface area contributed by atoms with E-state index in [4.69, 9.17) is 19.6 Å². The highest BCUT2D eigenvalue weighted by Crippen LogP contribution is 2.44. The van der Waals surface area contributed by atoms with E-state index in [1.54, 1.807) is 13.3 Å². The van der Waals surface area contributed by atoms with Gasteiger partial charge in [0.1, 0.15) is 23.1 Å². The highest BCUT2D eigenvalue weighted by molar-refractivity contribution is 6.09. The summed E-state index contributed by atoms with van der Waals surface area (Å²) >= 11 is 0. The SMILES string of the molecule is CCCc1nn(-c2cc(C)cc(Oc3ccc4c5ccccc5n(-c5cc(OC)ccn5)c4c3)c2)c(CCC)c1[C@@H]1C(C)=CC(C)C[C@@H]1C. The van der Waals surface area contributed by atoms with E-state index in [1.165, 1.54) is 34.3 Å². The number of para-hydroxylation sites is 1. The van der Waals surface area contributed by atoms with Crippen molar-refractivity contribution >= 4 is 21.8 Å². The number of nitrogens with zero attached hydrogens (tertiary/aromatic N) is 4. The second kappa shape index (κ2) is 13.6. The van der Waals surface area contributed by atoms with Crippen LogP contribution in [0.2, 0.25) is 0 Å². The van der Waals surface area contributed by atoms with Crippen molar-refractivity contribution in [1.29, 1.82) is 0 Å². The van der Waals surface area contributed by atoms with Crippen LogP contribution in [0.1, 0.15) is 82.3 Å². The Morgan fingerprint density at radius 2 is 1.61 bits per heavy atom. The van der Waals surface area contributed by atoms with Crippen LogP contribution in [0.4, 0.5) is 0 Å². The normalized spacial score (nSPS) is 17.9. The van der Waals surface area contributed by atoms with E-state index < -0.39 is 0 Å². The average Bonchev–Trinajstić information content (AvgIpc) is 3.59. The zero-order chi connectivity index (χ0) is 34.2. The zero-order valence-corrected chi connectivity index (χ0v) is 30.0. The lowest BCUT2D eigenvalue weighted by molar-refractivity contribution is 0.389. The van der Waals surface area contributed by atoms with Crippen molar-refractivity contribution in [2.45, 2.75) is 79.6 Å². The molecule has 0 fully saturated rings. The molecule has 252 valence electrons. The number of fused-ring (bicyclic) bond motifs is 3. The summed E-state index contributed by atoms with van der Waals surface area (Å²) in [6.45, 7) is 13.8. The fraction of sp³-hybridized carbons (Fsp3) is 0.349. The molecular weight excluding hydrogens is 604 g/mol. The molecule has 3 aromatic carbocycles. The highest BCUT2D eigenvalue weighted by Gasteiger charge is 2.33. The molecular formula is C43H48N4O2. The zero-order valence-electron chi connectivity index (χ0n) is 30.0. The molecule has 1 aliphatic carbocycles. The molecule has 0 aliphatic heterocycles. The summed E-state index contributed by atoms with van der Waals surface area (Å²) in [6.07, 6.45) is 9.60. The van der Waals surface area contributed by atoms with E-state index in [2.05, 4.69) is 118 Å². The number of aromatic nitrogens is 4. The lowest BCUT2D eigenvalue weighted by Crippen LogP contribution is -2.21. The van der Waals surface area contributed by atoms with Crippen molar-refractivity contribution in [3.63, 3.8) is 0 Å². The molecule has 3 atom stereocenters. The van der Waals surface area contributed by atoms with Crippen LogP contribution in [0.3, 0.4) is 0 Å². The van der Waals surface area contributed by atoms with Gasteiger partial charge in [0.05, 0.1) is 29.5 Å². The third kappa shape index (κ3) is 6.14. The first-order chi connectivity index (χ1) is 23.8. The van der Waals surface area contributed by atoms with Crippen LogP contribution in [0, 0.1) is 18.8 Å². The molecule has 0 saturated carbocycles. The molecule has 49 heavy (non-hydrogen) atoms. The van der Waals surface area contributed by atoms with Gasteiger partial charge in [-0.15, -0.1) is 0 Å². The molecule has 0 saturated heterocycles. The summed E-state index contributed by atoms with van der Waals surface area (Å²) in [5.41, 5.74) is 9.85. The summed E-state index contributed by atoms with van der Waals surface area (Å²) in [5, 5.41) is 7.69. The summed E-state index contributed by atoms with van der Waals surface area (Å²) in [6, 6.07) is 25.1. The summed E-state index contributed by atoms with van der Waals surface area (Å²) < 4.78 is 16.7. The Morgan fingerprint density at radius 1 is 0.816 bits per heavy atom. The minimum Gasteiger partial charge on any atom is -0.497 e. The molecule has 6 aromatic rings. The van der Waals surface area contributed by atoms with Gasteiger partial charge in [-0.1, -0.05) is 70.4 Å². The van der Waals surface area contributed by atoms with Gasteiger partial charge in [0.2, 0.25) is 0 Å². The van der Waals surface area contributed by atoms with E-state index in [1.807, 2.05) is 12.1 Å². The summed E-state index contributed by atoms with van der Waals surface area (Å²) in [4.78, 5) is 4.72. The van der Waals surface area contributed by atoms with E-state index in [-0.39, 0.29) is 0 Å². The Labute approximate surface area is 290 Å². The van der Waals surface area contributed by atoms with Crippen LogP contribution in [0.25, 0.3) is 33.3 Å². The van der Waals surface area contributed by atoms with Gasteiger partial charge in [-0.2, -0.15) is 5.10 Å². The number of aryl methyl sites for hydroxylation is 2. The van der Waals surface area contributed by atoms with Crippen LogP contribution in [-0.2, 0) is 12.8 Å². The van der Waals surface area contributed by atoms with Gasteiger partial charge in [0.25, 0.3) is 0 Å². The van der Waals surface area contributed by atoms with E-state index in [0.717, 1.165) is 76.4 Å². The van der Waals surface area contributed by atoms with Crippen molar-refractivity contribution in [2.75, 3.05) is 7.11 Å². The second-order valence-electron chi connectivity index (χ2n) is 14.0. The number of methoxy groups -OCH3 is 1. The van der Waals surface area contributed by atoms with Gasteiger partial charge >= 0.3 is 0 Å². The van der Waals surface area contributed by atoms with E-state index >= 15 is 0 Å². The molecule has 0 radical (unpaired) electrons. The smallest absolute Gasteiger partial charge is 0.141 e. The minimum atomic E-state index is 0.408. The lowest BCUT2D eigenvalue weighted by Gasteiger charge is -2.33. The fourth-order valence-electron chi connectivity index (χ4n) is 8.25. The van der Waals surface area contributed by atoms with Crippen LogP contribution >= 0.6 is 0 Å². The second-order valence-corrected chi connectivity index (χ2v) is 14.0. The average molecular weight is 653 g/mol. The molecule has 3 heterocycles. The van der Waals surface area contributed by atoms with Gasteiger partial charge < -0.3 is 9.47 Å². The topological polar surface area (TPSA) is 54.1 Å². The van der Waals surface area contributed by atoms with Crippen LogP contribution < -0.4 is 9.47 Å². The Bertz CT molecular complexity index is 2170. The first-order valence-corrected chi connectivity index (χ1v) is 17.9. The predicted molar refractivity (Wildman–Crippen MR) is 201 cm³/mol. The monoisotopic (exact) mass is 652 g/mol. The predicted octanol–water partition coefficient (Wildman–Crippen LogP) is 11.1. The number of pyridine rings is 1. The molecule has 0 N–H and O–H groups in total. The first kappa shape index (κ1) is 32.7. The number of rotatable bonds is 10. The van der Waals surface area contributed by atoms with Crippen molar-refractivity contribution < 1.29 is 9.47 Å². The maximum Gasteiger partial charge on any atom is 0.141 e. The standard InChI is InChI=1S/C43H48N4O2/c1-8-12-37-43(42-29(5)20-27(3)21-30(42)6)39(13-9-2)47(45-37)31-22-28(4)23-34(24-31)49-33-16-17-36-35-14-10-11-15-38(35)46(40(36)25-33)41-26-32(48-7)18-19-44-41/h10-11,14-20,22-27,30,42H,8-9,12-13,21H2,1-7H3/t27?,30-,42+/m0/s1.